The van der Waals surface area contributed by atoms with E-state index >= 15 is 0 Å². The van der Waals surface area contributed by atoms with E-state index in [0.717, 1.165) is 25.9 Å². The first-order chi connectivity index (χ1) is 9.56. The predicted molar refractivity (Wildman–Crippen MR) is 75.4 cm³/mol. The van der Waals surface area contributed by atoms with Gasteiger partial charge in [0.2, 0.25) is 0 Å². The number of carbonyl (C=O) groups excluding carboxylic acids is 1. The Morgan fingerprint density at radius 2 is 2.05 bits per heavy atom. The fourth-order valence-corrected chi connectivity index (χ4v) is 2.89. The highest BCUT2D eigenvalue weighted by molar-refractivity contribution is 5.92. The van der Waals surface area contributed by atoms with Gasteiger partial charge in [0.05, 0.1) is 12.2 Å². The highest BCUT2D eigenvalue weighted by atomic mass is 16.2. The molecule has 1 amide bonds. The van der Waals surface area contributed by atoms with Crippen molar-refractivity contribution in [3.8, 4) is 0 Å². The van der Waals surface area contributed by atoms with E-state index in [1.54, 1.807) is 6.20 Å². The number of rotatable bonds is 4. The van der Waals surface area contributed by atoms with Crippen molar-refractivity contribution in [2.45, 2.75) is 51.1 Å². The molecule has 0 bridgehead atoms. The lowest BCUT2D eigenvalue weighted by molar-refractivity contribution is 0.0898. The summed E-state index contributed by atoms with van der Waals surface area (Å²) >= 11 is 0. The zero-order valence-corrected chi connectivity index (χ0v) is 12.2. The van der Waals surface area contributed by atoms with E-state index in [1.165, 1.54) is 12.8 Å². The van der Waals surface area contributed by atoms with Crippen LogP contribution in [0.1, 0.15) is 56.1 Å². The smallest absolute Gasteiger partial charge is 0.273 e. The van der Waals surface area contributed by atoms with E-state index in [1.807, 2.05) is 4.68 Å². The number of nitrogens with one attached hydrogen (secondary N) is 2. The molecule has 0 atom stereocenters. The first-order valence-corrected chi connectivity index (χ1v) is 7.51. The Hall–Kier alpha value is -1.43. The lowest BCUT2D eigenvalue weighted by atomic mass is 9.98. The van der Waals surface area contributed by atoms with Gasteiger partial charge in [-0.25, -0.2) is 4.68 Å². The van der Waals surface area contributed by atoms with Crippen LogP contribution in [0, 0.1) is 5.92 Å². The monoisotopic (exact) mass is 277 g/mol. The molecule has 1 aliphatic heterocycles. The van der Waals surface area contributed by atoms with Gasteiger partial charge < -0.3 is 10.6 Å². The minimum absolute atomic E-state index is 0.109. The van der Waals surface area contributed by atoms with Crippen LogP contribution in [0.25, 0.3) is 0 Å². The van der Waals surface area contributed by atoms with Crippen molar-refractivity contribution >= 4 is 5.91 Å². The molecule has 0 radical (unpaired) electrons. The Labute approximate surface area is 119 Å². The van der Waals surface area contributed by atoms with Gasteiger partial charge in [-0.05, 0) is 58.5 Å². The average molecular weight is 277 g/mol. The summed E-state index contributed by atoms with van der Waals surface area (Å²) in [7, 11) is 0. The van der Waals surface area contributed by atoms with Gasteiger partial charge in [0.15, 0.2) is 5.69 Å². The van der Waals surface area contributed by atoms with Crippen molar-refractivity contribution < 1.29 is 4.79 Å². The van der Waals surface area contributed by atoms with E-state index in [-0.39, 0.29) is 11.4 Å². The van der Waals surface area contributed by atoms with Crippen LogP contribution in [0.2, 0.25) is 0 Å². The van der Waals surface area contributed by atoms with Crippen LogP contribution in [0.4, 0.5) is 0 Å². The zero-order chi connectivity index (χ0) is 14.2. The van der Waals surface area contributed by atoms with Crippen LogP contribution >= 0.6 is 0 Å². The molecule has 1 aliphatic carbocycles. The van der Waals surface area contributed by atoms with Crippen LogP contribution < -0.4 is 10.6 Å². The first-order valence-electron chi connectivity index (χ1n) is 7.51. The van der Waals surface area contributed by atoms with Gasteiger partial charge in [-0.3, -0.25) is 4.79 Å². The second-order valence-electron chi connectivity index (χ2n) is 6.52. The number of nitrogens with zero attached hydrogens (tertiary/aromatic N) is 3. The number of hydrogen-bond acceptors (Lipinski definition) is 4. The number of amides is 1. The standard InChI is InChI=1S/C14H23N5O/c1-14(2,10-3-4-10)16-13(20)12-9-19(18-17-12)11-5-7-15-8-6-11/h9-11,15H,3-8H2,1-2H3,(H,16,20). The Kier molecular flexibility index (Phi) is 3.50. The summed E-state index contributed by atoms with van der Waals surface area (Å²) in [5.74, 6) is 0.494. The topological polar surface area (TPSA) is 71.8 Å². The summed E-state index contributed by atoms with van der Waals surface area (Å²) in [5, 5.41) is 14.6. The van der Waals surface area contributed by atoms with Crippen LogP contribution in [0.5, 0.6) is 0 Å². The Bertz CT molecular complexity index is 486. The molecule has 1 aromatic heterocycles. The molecule has 6 nitrogen and oxygen atoms in total. The molecule has 110 valence electrons. The molecule has 1 saturated heterocycles. The first kappa shape index (κ1) is 13.5. The van der Waals surface area contributed by atoms with Gasteiger partial charge >= 0.3 is 0 Å². The van der Waals surface area contributed by atoms with Crippen LogP contribution in [-0.4, -0.2) is 39.5 Å². The van der Waals surface area contributed by atoms with E-state index in [0.29, 0.717) is 17.7 Å². The summed E-state index contributed by atoms with van der Waals surface area (Å²) in [4.78, 5) is 12.2. The maximum atomic E-state index is 12.2. The fraction of sp³-hybridized carbons (Fsp3) is 0.786. The summed E-state index contributed by atoms with van der Waals surface area (Å²) in [6.07, 6.45) is 6.27. The molecule has 0 unspecified atom stereocenters. The summed E-state index contributed by atoms with van der Waals surface area (Å²) in [5.41, 5.74) is 0.285. The lowest BCUT2D eigenvalue weighted by Gasteiger charge is -2.25. The molecule has 1 saturated carbocycles. The van der Waals surface area contributed by atoms with Gasteiger partial charge in [0.1, 0.15) is 0 Å². The van der Waals surface area contributed by atoms with Crippen molar-refractivity contribution in [1.82, 2.24) is 25.6 Å². The second kappa shape index (κ2) is 5.16. The molecule has 2 aliphatic rings. The van der Waals surface area contributed by atoms with Gasteiger partial charge in [0, 0.05) is 5.54 Å². The molecule has 0 spiro atoms. The minimum atomic E-state index is -0.143. The average Bonchev–Trinajstić information content (AvgIpc) is 3.18. The van der Waals surface area contributed by atoms with Gasteiger partial charge in [0.25, 0.3) is 5.91 Å². The van der Waals surface area contributed by atoms with Crippen molar-refractivity contribution in [3.05, 3.63) is 11.9 Å². The number of hydrogen-bond donors (Lipinski definition) is 2. The van der Waals surface area contributed by atoms with Gasteiger partial charge in [-0.15, -0.1) is 5.10 Å². The third kappa shape index (κ3) is 2.85. The molecule has 1 aromatic rings. The molecule has 2 heterocycles. The number of piperidine rings is 1. The second-order valence-corrected chi connectivity index (χ2v) is 6.52. The van der Waals surface area contributed by atoms with Crippen LogP contribution in [0.15, 0.2) is 6.20 Å². The highest BCUT2D eigenvalue weighted by Crippen LogP contribution is 2.39. The fourth-order valence-electron chi connectivity index (χ4n) is 2.89. The minimum Gasteiger partial charge on any atom is -0.345 e. The van der Waals surface area contributed by atoms with Crippen molar-refractivity contribution in [3.63, 3.8) is 0 Å². The summed E-state index contributed by atoms with van der Waals surface area (Å²) in [6.45, 7) is 6.17. The predicted octanol–water partition coefficient (Wildman–Crippen LogP) is 1.12. The third-order valence-corrected chi connectivity index (χ3v) is 4.46. The van der Waals surface area contributed by atoms with Crippen molar-refractivity contribution in [2.75, 3.05) is 13.1 Å². The zero-order valence-electron chi connectivity index (χ0n) is 12.2. The lowest BCUT2D eigenvalue weighted by Crippen LogP contribution is -2.45. The largest absolute Gasteiger partial charge is 0.345 e. The SMILES string of the molecule is CC(C)(NC(=O)c1cn(C2CCNCC2)nn1)C1CC1. The maximum absolute atomic E-state index is 12.2. The van der Waals surface area contributed by atoms with Gasteiger partial charge in [-0.1, -0.05) is 5.21 Å². The van der Waals surface area contributed by atoms with Crippen LogP contribution in [-0.2, 0) is 0 Å². The Balaban J connectivity index is 1.64. The van der Waals surface area contributed by atoms with E-state index in [9.17, 15) is 4.79 Å². The van der Waals surface area contributed by atoms with E-state index in [2.05, 4.69) is 34.8 Å². The van der Waals surface area contributed by atoms with E-state index in [4.69, 9.17) is 0 Å². The number of carbonyl (C=O) groups is 1. The Morgan fingerprint density at radius 3 is 2.70 bits per heavy atom. The molecule has 3 rings (SSSR count). The molecule has 2 N–H and O–H groups in total. The molecular formula is C14H23N5O. The summed E-state index contributed by atoms with van der Waals surface area (Å²) in [6, 6.07) is 0.363. The normalized spacial score (nSPS) is 20.9. The maximum Gasteiger partial charge on any atom is 0.273 e. The van der Waals surface area contributed by atoms with Crippen LogP contribution in [0.3, 0.4) is 0 Å². The summed E-state index contributed by atoms with van der Waals surface area (Å²) < 4.78 is 1.85. The quantitative estimate of drug-likeness (QED) is 0.865. The third-order valence-electron chi connectivity index (χ3n) is 4.46. The number of aromatic nitrogens is 3. The van der Waals surface area contributed by atoms with Crippen molar-refractivity contribution in [1.29, 1.82) is 0 Å². The Morgan fingerprint density at radius 1 is 1.35 bits per heavy atom. The molecule has 2 fully saturated rings. The molecule has 20 heavy (non-hydrogen) atoms. The highest BCUT2D eigenvalue weighted by Gasteiger charge is 2.39. The molecular weight excluding hydrogens is 254 g/mol. The van der Waals surface area contributed by atoms with Crippen molar-refractivity contribution in [2.24, 2.45) is 5.92 Å². The molecule has 6 heteroatoms. The molecule has 0 aromatic carbocycles. The van der Waals surface area contributed by atoms with Gasteiger partial charge in [-0.2, -0.15) is 0 Å². The van der Waals surface area contributed by atoms with E-state index < -0.39 is 0 Å².